The zero-order valence-electron chi connectivity index (χ0n) is 14.4. The van der Waals surface area contributed by atoms with Gasteiger partial charge in [0.1, 0.15) is 5.82 Å². The van der Waals surface area contributed by atoms with Crippen molar-refractivity contribution in [2.75, 3.05) is 5.75 Å². The number of benzene rings is 2. The lowest BCUT2D eigenvalue weighted by atomic mass is 9.99. The van der Waals surface area contributed by atoms with Gasteiger partial charge in [-0.15, -0.1) is 11.8 Å². The molecular formula is C20H24FNOS. The van der Waals surface area contributed by atoms with Crippen molar-refractivity contribution in [1.82, 2.24) is 5.32 Å². The van der Waals surface area contributed by atoms with E-state index in [9.17, 15) is 9.18 Å². The van der Waals surface area contributed by atoms with Crippen molar-refractivity contribution in [2.45, 2.75) is 39.0 Å². The first-order chi connectivity index (χ1) is 11.5. The molecule has 24 heavy (non-hydrogen) atoms. The van der Waals surface area contributed by atoms with Gasteiger partial charge in [-0.2, -0.15) is 0 Å². The van der Waals surface area contributed by atoms with E-state index in [2.05, 4.69) is 44.3 Å². The SMILES string of the molecule is CC[C@H](NC(=O)CSCc1ccccc1F)c1ccc(C)c(C)c1. The lowest BCUT2D eigenvalue weighted by molar-refractivity contribution is -0.119. The van der Waals surface area contributed by atoms with Crippen molar-refractivity contribution in [2.24, 2.45) is 0 Å². The van der Waals surface area contributed by atoms with E-state index in [4.69, 9.17) is 0 Å². The van der Waals surface area contributed by atoms with E-state index in [-0.39, 0.29) is 17.8 Å². The van der Waals surface area contributed by atoms with Crippen LogP contribution in [0, 0.1) is 19.7 Å². The highest BCUT2D eigenvalue weighted by Gasteiger charge is 2.13. The third-order valence-corrected chi connectivity index (χ3v) is 5.11. The first kappa shape index (κ1) is 18.5. The van der Waals surface area contributed by atoms with Crippen LogP contribution in [-0.2, 0) is 10.5 Å². The van der Waals surface area contributed by atoms with Crippen LogP contribution in [0.1, 0.15) is 41.6 Å². The summed E-state index contributed by atoms with van der Waals surface area (Å²) in [6.07, 6.45) is 0.840. The molecule has 0 unspecified atom stereocenters. The van der Waals surface area contributed by atoms with Gasteiger partial charge in [0, 0.05) is 5.75 Å². The summed E-state index contributed by atoms with van der Waals surface area (Å²) in [7, 11) is 0. The largest absolute Gasteiger partial charge is 0.349 e. The third-order valence-electron chi connectivity index (χ3n) is 4.13. The van der Waals surface area contributed by atoms with Gasteiger partial charge >= 0.3 is 0 Å². The highest BCUT2D eigenvalue weighted by molar-refractivity contribution is 7.99. The Hall–Kier alpha value is -1.81. The van der Waals surface area contributed by atoms with E-state index in [0.29, 0.717) is 17.1 Å². The molecule has 0 saturated carbocycles. The molecule has 1 N–H and O–H groups in total. The Morgan fingerprint density at radius 1 is 1.17 bits per heavy atom. The summed E-state index contributed by atoms with van der Waals surface area (Å²) < 4.78 is 13.6. The third kappa shape index (κ3) is 5.10. The van der Waals surface area contributed by atoms with Crippen molar-refractivity contribution < 1.29 is 9.18 Å². The van der Waals surface area contributed by atoms with Crippen LogP contribution in [0.4, 0.5) is 4.39 Å². The van der Waals surface area contributed by atoms with Gasteiger partial charge < -0.3 is 5.32 Å². The number of carbonyl (C=O) groups is 1. The summed E-state index contributed by atoms with van der Waals surface area (Å²) in [6, 6.07) is 13.0. The van der Waals surface area contributed by atoms with Crippen LogP contribution in [0.5, 0.6) is 0 Å². The van der Waals surface area contributed by atoms with Crippen LogP contribution >= 0.6 is 11.8 Å². The predicted molar refractivity (Wildman–Crippen MR) is 99.7 cm³/mol. The summed E-state index contributed by atoms with van der Waals surface area (Å²) in [5, 5.41) is 3.08. The topological polar surface area (TPSA) is 29.1 Å². The zero-order chi connectivity index (χ0) is 17.5. The number of hydrogen-bond donors (Lipinski definition) is 1. The van der Waals surface area contributed by atoms with Crippen LogP contribution in [0.15, 0.2) is 42.5 Å². The van der Waals surface area contributed by atoms with Gasteiger partial charge in [0.15, 0.2) is 0 Å². The molecule has 2 rings (SSSR count). The number of nitrogens with one attached hydrogen (secondary N) is 1. The first-order valence-corrected chi connectivity index (χ1v) is 9.34. The van der Waals surface area contributed by atoms with Crippen LogP contribution in [0.3, 0.4) is 0 Å². The molecule has 128 valence electrons. The summed E-state index contributed by atoms with van der Waals surface area (Å²) in [4.78, 5) is 12.2. The average Bonchev–Trinajstić information content (AvgIpc) is 2.57. The van der Waals surface area contributed by atoms with E-state index < -0.39 is 0 Å². The minimum Gasteiger partial charge on any atom is -0.349 e. The molecule has 1 atom stereocenters. The highest BCUT2D eigenvalue weighted by Crippen LogP contribution is 2.20. The van der Waals surface area contributed by atoms with Crippen molar-refractivity contribution in [1.29, 1.82) is 0 Å². The van der Waals surface area contributed by atoms with Crippen molar-refractivity contribution in [3.05, 3.63) is 70.5 Å². The smallest absolute Gasteiger partial charge is 0.230 e. The van der Waals surface area contributed by atoms with E-state index in [1.54, 1.807) is 12.1 Å². The predicted octanol–water partition coefficient (Wildman–Crippen LogP) is 4.94. The summed E-state index contributed by atoms with van der Waals surface area (Å²) >= 11 is 1.43. The van der Waals surface area contributed by atoms with Crippen LogP contribution in [0.25, 0.3) is 0 Å². The molecule has 0 saturated heterocycles. The van der Waals surface area contributed by atoms with Gasteiger partial charge in [0.2, 0.25) is 5.91 Å². The monoisotopic (exact) mass is 345 g/mol. The first-order valence-electron chi connectivity index (χ1n) is 8.19. The molecule has 1 amide bonds. The summed E-state index contributed by atoms with van der Waals surface area (Å²) in [5.41, 5.74) is 4.25. The minimum absolute atomic E-state index is 0.0126. The second-order valence-electron chi connectivity index (χ2n) is 5.96. The molecule has 0 aliphatic heterocycles. The van der Waals surface area contributed by atoms with Crippen LogP contribution < -0.4 is 5.32 Å². The molecule has 0 aliphatic rings. The van der Waals surface area contributed by atoms with Gasteiger partial charge in [0.05, 0.1) is 11.8 Å². The maximum absolute atomic E-state index is 13.6. The number of carbonyl (C=O) groups excluding carboxylic acids is 1. The van der Waals surface area contributed by atoms with E-state index in [1.807, 2.05) is 6.07 Å². The second kappa shape index (κ2) is 8.88. The standard InChI is InChI=1S/C20H24FNOS/c1-4-19(16-10-9-14(2)15(3)11-16)22-20(23)13-24-12-17-7-5-6-8-18(17)21/h5-11,19H,4,12-13H2,1-3H3,(H,22,23)/t19-/m0/s1. The number of amides is 1. The molecule has 0 heterocycles. The second-order valence-corrected chi connectivity index (χ2v) is 6.94. The Bertz CT molecular complexity index is 702. The molecular weight excluding hydrogens is 321 g/mol. The fourth-order valence-electron chi connectivity index (χ4n) is 2.51. The number of halogens is 1. The van der Waals surface area contributed by atoms with E-state index >= 15 is 0 Å². The average molecular weight is 345 g/mol. The maximum atomic E-state index is 13.6. The molecule has 0 aromatic heterocycles. The van der Waals surface area contributed by atoms with Gasteiger partial charge in [-0.25, -0.2) is 4.39 Å². The fourth-order valence-corrected chi connectivity index (χ4v) is 3.33. The van der Waals surface area contributed by atoms with Crippen molar-refractivity contribution in [3.63, 3.8) is 0 Å². The number of rotatable bonds is 7. The fraction of sp³-hybridized carbons (Fsp3) is 0.350. The quantitative estimate of drug-likeness (QED) is 0.770. The Kier molecular flexibility index (Phi) is 6.85. The van der Waals surface area contributed by atoms with Gasteiger partial charge in [0.25, 0.3) is 0 Å². The summed E-state index contributed by atoms with van der Waals surface area (Å²) in [6.45, 7) is 6.22. The van der Waals surface area contributed by atoms with Crippen LogP contribution in [0.2, 0.25) is 0 Å². The Morgan fingerprint density at radius 3 is 2.58 bits per heavy atom. The highest BCUT2D eigenvalue weighted by atomic mass is 32.2. The Balaban J connectivity index is 1.88. The van der Waals surface area contributed by atoms with Crippen molar-refractivity contribution in [3.8, 4) is 0 Å². The lowest BCUT2D eigenvalue weighted by Crippen LogP contribution is -2.29. The van der Waals surface area contributed by atoms with Crippen LogP contribution in [-0.4, -0.2) is 11.7 Å². The molecule has 2 aromatic carbocycles. The Morgan fingerprint density at radius 2 is 1.92 bits per heavy atom. The zero-order valence-corrected chi connectivity index (χ0v) is 15.3. The molecule has 0 bridgehead atoms. The maximum Gasteiger partial charge on any atom is 0.230 e. The number of aryl methyl sites for hydroxylation is 2. The van der Waals surface area contributed by atoms with Gasteiger partial charge in [-0.1, -0.05) is 43.3 Å². The molecule has 0 radical (unpaired) electrons. The van der Waals surface area contributed by atoms with E-state index in [0.717, 1.165) is 12.0 Å². The van der Waals surface area contributed by atoms with Gasteiger partial charge in [-0.05, 0) is 48.6 Å². The number of thioether (sulfide) groups is 1. The van der Waals surface area contributed by atoms with Crippen molar-refractivity contribution >= 4 is 17.7 Å². The van der Waals surface area contributed by atoms with Gasteiger partial charge in [-0.3, -0.25) is 4.79 Å². The lowest BCUT2D eigenvalue weighted by Gasteiger charge is -2.18. The molecule has 2 nitrogen and oxygen atoms in total. The molecule has 2 aromatic rings. The molecule has 0 aliphatic carbocycles. The number of hydrogen-bond acceptors (Lipinski definition) is 2. The summed E-state index contributed by atoms with van der Waals surface area (Å²) in [5.74, 6) is 0.601. The molecule has 0 spiro atoms. The normalized spacial score (nSPS) is 12.0. The van der Waals surface area contributed by atoms with E-state index in [1.165, 1.54) is 29.0 Å². The minimum atomic E-state index is -0.216. The molecule has 4 heteroatoms. The Labute approximate surface area is 147 Å². The molecule has 0 fully saturated rings.